The Labute approximate surface area is 777 Å². The number of hydrogen-bond acceptors (Lipinski definition) is 3. The fraction of sp³-hybridized carbons (Fsp3) is 0.0308. The molecule has 23 aromatic rings. The van der Waals surface area contributed by atoms with E-state index in [1.807, 2.05) is 0 Å². The van der Waals surface area contributed by atoms with Crippen LogP contribution in [0.5, 0.6) is 0 Å². The number of fused-ring (bicyclic) bond motifs is 8. The summed E-state index contributed by atoms with van der Waals surface area (Å²) in [5.74, 6) is 0. The second kappa shape index (κ2) is 33.3. The van der Waals surface area contributed by atoms with Gasteiger partial charge in [0.1, 0.15) is 0 Å². The van der Waals surface area contributed by atoms with E-state index in [1.54, 1.807) is 0 Å². The molecule has 2 aliphatic carbocycles. The molecule has 0 atom stereocenters. The number of anilines is 9. The lowest BCUT2D eigenvalue weighted by Crippen LogP contribution is -2.28. The minimum Gasteiger partial charge on any atom is -0.311 e. The van der Waals surface area contributed by atoms with E-state index >= 15 is 0 Å². The second-order valence-electron chi connectivity index (χ2n) is 35.5. The van der Waals surface area contributed by atoms with Crippen LogP contribution in [0.1, 0.15) is 55.6 Å². The van der Waals surface area contributed by atoms with Crippen LogP contribution in [0.2, 0.25) is 0 Å². The molecule has 23 aromatic carbocycles. The van der Waals surface area contributed by atoms with Gasteiger partial charge in [0.05, 0.1) is 22.2 Å². The van der Waals surface area contributed by atoms with Crippen LogP contribution in [0.4, 0.5) is 51.2 Å². The maximum atomic E-state index is 2.50. The molecule has 3 heteroatoms. The van der Waals surface area contributed by atoms with Gasteiger partial charge >= 0.3 is 0 Å². The van der Waals surface area contributed by atoms with E-state index in [2.05, 4.69) is 544 Å². The fourth-order valence-electron chi connectivity index (χ4n) is 21.9. The number of aryl methyl sites for hydroxylation is 2. The zero-order valence-electron chi connectivity index (χ0n) is 73.9. The Balaban J connectivity index is 0.000000164. The van der Waals surface area contributed by atoms with Crippen LogP contribution in [-0.4, -0.2) is 0 Å². The number of hydrogen-bond donors (Lipinski definition) is 0. The molecule has 0 bridgehead atoms. The lowest BCUT2D eigenvalue weighted by molar-refractivity contribution is 0.768. The average Bonchev–Trinajstić information content (AvgIpc) is 1.55. The molecule has 25 rings (SSSR count). The van der Waals surface area contributed by atoms with E-state index < -0.39 is 10.8 Å². The van der Waals surface area contributed by atoms with E-state index in [0.717, 1.165) is 51.2 Å². The monoisotopic (exact) mass is 1690 g/mol. The number of nitrogens with zero attached hydrogens (tertiary/aromatic N) is 3. The van der Waals surface area contributed by atoms with E-state index in [4.69, 9.17) is 0 Å². The maximum absolute atomic E-state index is 2.50. The van der Waals surface area contributed by atoms with Crippen molar-refractivity contribution in [3.63, 3.8) is 0 Å². The molecule has 0 aromatic heterocycles. The van der Waals surface area contributed by atoms with E-state index in [9.17, 15) is 0 Å². The van der Waals surface area contributed by atoms with Crippen molar-refractivity contribution in [3.05, 3.63) is 571 Å². The van der Waals surface area contributed by atoms with Crippen LogP contribution >= 0.6 is 0 Å². The highest BCUT2D eigenvalue weighted by atomic mass is 15.2. The third-order valence-corrected chi connectivity index (χ3v) is 27.9. The number of rotatable bonds is 17. The first-order chi connectivity index (χ1) is 65.8. The zero-order valence-corrected chi connectivity index (χ0v) is 73.9. The predicted molar refractivity (Wildman–Crippen MR) is 561 cm³/mol. The SMILES string of the molecule is Cc1cccc(N(c2cccc(C3(c4ccccc4)c4ccccc4-c4ccccc43)c2)c2ccc3ccc4c(N(c5cccc(C)c5)c5cccc(C6(c7ccccc7)c7ccccc7-c7ccccc76)c5)ccc5ccc2c3c54)c1.c1ccc(-c2ccc(N(c3ccc(-c4ccccc4)cc3)c3ccc(-c4cc5ccccc5cc4-c4ccc5ccccc5c4)cc3)cc2)cc1. The maximum Gasteiger partial charge on any atom is 0.0714 e. The highest BCUT2D eigenvalue weighted by molar-refractivity contribution is 6.28. The molecule has 0 spiro atoms. The lowest BCUT2D eigenvalue weighted by Gasteiger charge is -2.35. The Morgan fingerprint density at radius 1 is 0.158 bits per heavy atom. The first-order valence-corrected chi connectivity index (χ1v) is 46.2. The predicted octanol–water partition coefficient (Wildman–Crippen LogP) is 35.0. The Hall–Kier alpha value is -17.0. The molecule has 0 radical (unpaired) electrons. The average molecular weight is 1700 g/mol. The van der Waals surface area contributed by atoms with Gasteiger partial charge in [-0.1, -0.05) is 400 Å². The topological polar surface area (TPSA) is 9.72 Å². The van der Waals surface area contributed by atoms with Crippen LogP contribution in [0.25, 0.3) is 121 Å². The third-order valence-electron chi connectivity index (χ3n) is 27.9. The summed E-state index contributed by atoms with van der Waals surface area (Å²) in [5, 5.41) is 12.3. The Kier molecular flexibility index (Phi) is 19.9. The molecule has 0 saturated heterocycles. The van der Waals surface area contributed by atoms with Crippen molar-refractivity contribution in [3.8, 4) is 66.8 Å². The quantitative estimate of drug-likeness (QED) is 0.0842. The van der Waals surface area contributed by atoms with Crippen LogP contribution in [0.3, 0.4) is 0 Å². The smallest absolute Gasteiger partial charge is 0.0714 e. The molecule has 0 saturated carbocycles. The summed E-state index contributed by atoms with van der Waals surface area (Å²) in [6.45, 7) is 4.40. The van der Waals surface area contributed by atoms with Crippen molar-refractivity contribution in [2.45, 2.75) is 24.7 Å². The van der Waals surface area contributed by atoms with Crippen molar-refractivity contribution in [1.29, 1.82) is 0 Å². The first kappa shape index (κ1) is 79.4. The van der Waals surface area contributed by atoms with Gasteiger partial charge in [-0.3, -0.25) is 0 Å². The Morgan fingerprint density at radius 3 is 0.850 bits per heavy atom. The summed E-state index contributed by atoms with van der Waals surface area (Å²) < 4.78 is 0. The summed E-state index contributed by atoms with van der Waals surface area (Å²) in [7, 11) is 0. The fourth-order valence-corrected chi connectivity index (χ4v) is 21.9. The van der Waals surface area contributed by atoms with Crippen molar-refractivity contribution < 1.29 is 0 Å². The number of benzene rings is 23. The van der Waals surface area contributed by atoms with Crippen LogP contribution < -0.4 is 14.7 Å². The highest BCUT2D eigenvalue weighted by Gasteiger charge is 2.48. The third kappa shape index (κ3) is 13.7. The zero-order chi connectivity index (χ0) is 88.5. The van der Waals surface area contributed by atoms with Gasteiger partial charge in [0, 0.05) is 50.6 Å². The molecule has 133 heavy (non-hydrogen) atoms. The molecule has 3 nitrogen and oxygen atoms in total. The largest absolute Gasteiger partial charge is 0.311 e. The van der Waals surface area contributed by atoms with Gasteiger partial charge in [0.2, 0.25) is 0 Å². The molecular formula is C130H91N3. The molecular weight excluding hydrogens is 1600 g/mol. The summed E-state index contributed by atoms with van der Waals surface area (Å²) in [6, 6.07) is 190. The molecule has 0 aliphatic heterocycles. The van der Waals surface area contributed by atoms with Crippen LogP contribution in [-0.2, 0) is 10.8 Å². The summed E-state index contributed by atoms with van der Waals surface area (Å²) in [6.07, 6.45) is 0. The van der Waals surface area contributed by atoms with Gasteiger partial charge in [0.15, 0.2) is 0 Å². The summed E-state index contributed by atoms with van der Waals surface area (Å²) in [5.41, 5.74) is 36.3. The van der Waals surface area contributed by atoms with E-state index in [0.29, 0.717) is 0 Å². The van der Waals surface area contributed by atoms with E-state index in [-0.39, 0.29) is 0 Å². The minimum absolute atomic E-state index is 0.543. The molecule has 626 valence electrons. The molecule has 0 heterocycles. The Morgan fingerprint density at radius 2 is 0.451 bits per heavy atom. The van der Waals surface area contributed by atoms with Gasteiger partial charge in [0.25, 0.3) is 0 Å². The van der Waals surface area contributed by atoms with Crippen LogP contribution in [0, 0.1) is 13.8 Å². The minimum atomic E-state index is -0.543. The van der Waals surface area contributed by atoms with Gasteiger partial charge in [-0.25, -0.2) is 0 Å². The molecule has 0 amide bonds. The van der Waals surface area contributed by atoms with Gasteiger partial charge in [-0.05, 0) is 295 Å². The van der Waals surface area contributed by atoms with Crippen LogP contribution in [0.15, 0.2) is 516 Å². The molecule has 2 aliphatic rings. The van der Waals surface area contributed by atoms with E-state index in [1.165, 1.54) is 176 Å². The van der Waals surface area contributed by atoms with Crippen molar-refractivity contribution >= 4 is 105 Å². The molecule has 0 fully saturated rings. The van der Waals surface area contributed by atoms with Gasteiger partial charge in [-0.15, -0.1) is 0 Å². The summed E-state index contributed by atoms with van der Waals surface area (Å²) in [4.78, 5) is 7.35. The summed E-state index contributed by atoms with van der Waals surface area (Å²) >= 11 is 0. The highest BCUT2D eigenvalue weighted by Crippen LogP contribution is 2.60. The normalized spacial score (nSPS) is 12.6. The van der Waals surface area contributed by atoms with Crippen molar-refractivity contribution in [2.75, 3.05) is 14.7 Å². The van der Waals surface area contributed by atoms with Crippen molar-refractivity contribution in [1.82, 2.24) is 0 Å². The molecule has 0 N–H and O–H groups in total. The first-order valence-electron chi connectivity index (χ1n) is 46.2. The van der Waals surface area contributed by atoms with Gasteiger partial charge < -0.3 is 14.7 Å². The molecule has 0 unspecified atom stereocenters. The Bertz CT molecular complexity index is 7850. The standard InChI is InChI=1S/C80H56N2.C50H35N/c1-53-21-17-29-61(49-53)81(63-31-19-27-59(51-63)79(57-23-5-3-6-24-57)71-37-13-9-33-65(71)66-34-10-14-38-72(66)79)75-47-43-55-42-46-70-76(48-44-56-41-45-69(75)77(55)78(56)70)82(62-30-18-22-54(2)50-62)64-32-20-28-60(52-64)80(58-25-7-4-8-26-58)73-39-15-11-35-67(73)68-36-12-16-40-74(68)80;1-3-11-36(12-4-1)39-21-27-46(28-22-39)51(47-29-23-40(24-30-47)37-13-5-2-6-14-37)48-31-25-41(26-32-48)49-34-43-17-9-10-18-44(43)35-50(49)45-20-19-38-15-7-8-16-42(38)33-45/h3-52H,1-2H3;1-35H. The van der Waals surface area contributed by atoms with Crippen molar-refractivity contribution in [2.24, 2.45) is 0 Å². The van der Waals surface area contributed by atoms with Gasteiger partial charge in [-0.2, -0.15) is 0 Å². The second-order valence-corrected chi connectivity index (χ2v) is 35.5. The lowest BCUT2D eigenvalue weighted by atomic mass is 9.67.